The highest BCUT2D eigenvalue weighted by molar-refractivity contribution is 6.05. The number of aromatic nitrogens is 3. The van der Waals surface area contributed by atoms with Gasteiger partial charge in [-0.3, -0.25) is 24.2 Å². The fourth-order valence-electron chi connectivity index (χ4n) is 13.5. The van der Waals surface area contributed by atoms with E-state index in [1.165, 1.54) is 23.4 Å². The standard InChI is InChI=1S/C24H28N2O5.C23H26N2O6.C19H24N2O2.C4H2O3/c1-3-30-31-23(29)24-12-7-6-10-21(24)26(22(28)19(24)14-16(2)27)13-11-17-15-25-20-9-5-4-8-18(17)20;1-2-30-31-22(29)23-11-6-5-9-19(23)25(21(28)17(23)13-20(26)27)12-10-15-14-24-18-8-4-3-7-16(15)18;1-2-23-19(22)16-8-4-6-10-18(16)20-12-11-14-13-21-17-9-5-3-7-15(14)17;5-3-1-2-4(6)7-3/h4-5,8-10,15,19,25H,3,6-7,11-14H2,1-2H3;3-4,7-9,14,17,24H,2,5-6,10-13H2,1H3,(H,26,27);3,5,7,9,13,20-21H,2,4,6,8,10-12H2,1H3;1-2H/t19-,24+;17-,23+;;/m11../s1. The first-order valence-corrected chi connectivity index (χ1v) is 31.7. The van der Waals surface area contributed by atoms with Crippen molar-refractivity contribution < 1.29 is 77.3 Å². The van der Waals surface area contributed by atoms with Gasteiger partial charge in [-0.2, -0.15) is 9.78 Å². The van der Waals surface area contributed by atoms with Crippen LogP contribution in [0.15, 0.2) is 138 Å². The Hall–Kier alpha value is -9.41. The van der Waals surface area contributed by atoms with E-state index in [2.05, 4.69) is 55.5 Å². The lowest BCUT2D eigenvalue weighted by molar-refractivity contribution is -0.279. The zero-order valence-corrected chi connectivity index (χ0v) is 52.4. The van der Waals surface area contributed by atoms with Gasteiger partial charge in [0.1, 0.15) is 16.6 Å². The molecule has 0 unspecified atom stereocenters. The molecule has 0 bridgehead atoms. The average Bonchev–Trinajstić information content (AvgIpc) is 1.57. The van der Waals surface area contributed by atoms with Gasteiger partial charge in [0, 0.05) is 107 Å². The number of hydrogen-bond acceptors (Lipinski definition) is 16. The van der Waals surface area contributed by atoms with E-state index in [1.807, 2.05) is 80.0 Å². The SMILES string of the molecule is CCOC(=O)C1=C(NCCc2c[nH]c3ccccc23)CCCC1.CCOOC(=O)[C@]12CCCC=C1N(CCc1c[nH]c3ccccc13)C(=O)[C@H]2CC(=O)O.CCOOC(=O)[C@]12CCCC=C1N(CCc1c[nH]c3ccccc13)C(=O)[C@H]2CC(C)=O.O=C1C=CC(=O)O1. The van der Waals surface area contributed by atoms with E-state index in [4.69, 9.17) is 24.3 Å². The number of carboxylic acids is 1. The number of amides is 2. The molecule has 5 N–H and O–H groups in total. The minimum absolute atomic E-state index is 0.0149. The van der Waals surface area contributed by atoms with Gasteiger partial charge >= 0.3 is 35.8 Å². The van der Waals surface area contributed by atoms with Crippen molar-refractivity contribution in [2.75, 3.05) is 39.5 Å². The number of nitrogens with zero attached hydrogens (tertiary/aromatic N) is 2. The van der Waals surface area contributed by atoms with Crippen molar-refractivity contribution >= 4 is 86.1 Å². The summed E-state index contributed by atoms with van der Waals surface area (Å²) in [5, 5.41) is 16.4. The molecule has 92 heavy (non-hydrogen) atoms. The second-order valence-corrected chi connectivity index (χ2v) is 23.3. The third kappa shape index (κ3) is 14.8. The number of allylic oxidation sites excluding steroid dienone is 3. The van der Waals surface area contributed by atoms with Gasteiger partial charge in [0.05, 0.1) is 43.7 Å². The van der Waals surface area contributed by atoms with E-state index >= 15 is 0 Å². The van der Waals surface area contributed by atoms with Gasteiger partial charge < -0.3 is 49.4 Å². The van der Waals surface area contributed by atoms with Crippen molar-refractivity contribution in [3.63, 3.8) is 0 Å². The second-order valence-electron chi connectivity index (χ2n) is 23.3. The molecular weight excluding hydrogens is 1180 g/mol. The Bertz CT molecular complexity index is 3670. The summed E-state index contributed by atoms with van der Waals surface area (Å²) in [5.74, 6) is -6.10. The molecule has 22 nitrogen and oxygen atoms in total. The van der Waals surface area contributed by atoms with Crippen LogP contribution in [0.2, 0.25) is 0 Å². The van der Waals surface area contributed by atoms with E-state index in [0.29, 0.717) is 63.2 Å². The van der Waals surface area contributed by atoms with E-state index in [0.717, 1.165) is 114 Å². The van der Waals surface area contributed by atoms with Crippen molar-refractivity contribution in [1.29, 1.82) is 0 Å². The number of H-pyrrole nitrogens is 3. The number of Topliss-reactive ketones (excluding diaryl/α,β-unsaturated/α-hetero) is 1. The number of esters is 3. The summed E-state index contributed by atoms with van der Waals surface area (Å²) in [6, 6.07) is 24.3. The lowest BCUT2D eigenvalue weighted by Gasteiger charge is -2.34. The molecule has 486 valence electrons. The topological polar surface area (TPSA) is 295 Å². The van der Waals surface area contributed by atoms with Crippen LogP contribution in [0.5, 0.6) is 0 Å². The molecular formula is C70H80N6O16. The van der Waals surface area contributed by atoms with E-state index in [9.17, 15) is 48.3 Å². The van der Waals surface area contributed by atoms with Gasteiger partial charge in [0.15, 0.2) is 0 Å². The van der Waals surface area contributed by atoms with Crippen LogP contribution in [0.4, 0.5) is 0 Å². The number of aromatic amines is 3. The predicted octanol–water partition coefficient (Wildman–Crippen LogP) is 10.2. The number of carboxylic acid groups (broad SMARTS) is 1. The Kier molecular flexibility index (Phi) is 22.6. The number of ether oxygens (including phenoxy) is 2. The molecule has 22 heteroatoms. The van der Waals surface area contributed by atoms with Crippen molar-refractivity contribution in [3.8, 4) is 0 Å². The van der Waals surface area contributed by atoms with Gasteiger partial charge in [-0.25, -0.2) is 24.0 Å². The number of rotatable bonds is 22. The van der Waals surface area contributed by atoms with Gasteiger partial charge in [0.25, 0.3) is 0 Å². The van der Waals surface area contributed by atoms with Gasteiger partial charge in [0.2, 0.25) is 11.8 Å². The number of ketones is 1. The monoisotopic (exact) mass is 1260 g/mol. The summed E-state index contributed by atoms with van der Waals surface area (Å²) in [5.41, 5.74) is 7.38. The van der Waals surface area contributed by atoms with Crippen LogP contribution in [0.25, 0.3) is 32.7 Å². The number of likely N-dealkylation sites (tertiary alicyclic amines) is 2. The third-order valence-corrected chi connectivity index (χ3v) is 17.7. The normalized spacial score (nSPS) is 20.6. The first-order chi connectivity index (χ1) is 44.6. The molecule has 2 fully saturated rings. The molecule has 0 spiro atoms. The Morgan fingerprint density at radius 1 is 0.598 bits per heavy atom. The number of cyclic esters (lactones) is 2. The fraction of sp³-hybridized carbons (Fsp3) is 0.414. The van der Waals surface area contributed by atoms with Crippen molar-refractivity contribution in [2.24, 2.45) is 22.7 Å². The summed E-state index contributed by atoms with van der Waals surface area (Å²) in [4.78, 5) is 142. The third-order valence-electron chi connectivity index (χ3n) is 17.7. The predicted molar refractivity (Wildman–Crippen MR) is 339 cm³/mol. The Morgan fingerprint density at radius 3 is 1.47 bits per heavy atom. The van der Waals surface area contributed by atoms with Crippen LogP contribution >= 0.6 is 0 Å². The molecule has 6 heterocycles. The quantitative estimate of drug-likeness (QED) is 0.0183. The Morgan fingerprint density at radius 2 is 1.04 bits per heavy atom. The van der Waals surface area contributed by atoms with Crippen molar-refractivity contribution in [3.05, 3.63) is 155 Å². The zero-order chi connectivity index (χ0) is 65.4. The molecule has 2 amide bonds. The average molecular weight is 1260 g/mol. The van der Waals surface area contributed by atoms with E-state index in [-0.39, 0.29) is 43.2 Å². The number of carbonyl (C=O) groups excluding carboxylic acids is 8. The highest BCUT2D eigenvalue weighted by Crippen LogP contribution is 2.55. The minimum Gasteiger partial charge on any atom is -0.481 e. The van der Waals surface area contributed by atoms with Crippen LogP contribution < -0.4 is 5.32 Å². The molecule has 0 radical (unpaired) electrons. The lowest BCUT2D eigenvalue weighted by atomic mass is 9.68. The summed E-state index contributed by atoms with van der Waals surface area (Å²) < 4.78 is 9.15. The molecule has 6 aromatic rings. The minimum atomic E-state index is -1.32. The first-order valence-electron chi connectivity index (χ1n) is 31.7. The van der Waals surface area contributed by atoms with Crippen LogP contribution in [0.1, 0.15) is 121 Å². The molecule has 3 aromatic heterocycles. The Labute approximate surface area is 532 Å². The highest BCUT2D eigenvalue weighted by Gasteiger charge is 2.64. The number of carbonyl (C=O) groups is 9. The van der Waals surface area contributed by atoms with Gasteiger partial charge in [-0.15, -0.1) is 0 Å². The van der Waals surface area contributed by atoms with Crippen LogP contribution in [-0.2, 0) is 91.4 Å². The lowest BCUT2D eigenvalue weighted by Crippen LogP contribution is -2.41. The largest absolute Gasteiger partial charge is 0.481 e. The smallest absolute Gasteiger partial charge is 0.355 e. The summed E-state index contributed by atoms with van der Waals surface area (Å²) in [7, 11) is 0. The van der Waals surface area contributed by atoms with Crippen LogP contribution in [-0.4, -0.2) is 123 Å². The summed E-state index contributed by atoms with van der Waals surface area (Å²) >= 11 is 0. The van der Waals surface area contributed by atoms with Gasteiger partial charge in [-0.05, 0) is 146 Å². The molecule has 4 atom stereocenters. The van der Waals surface area contributed by atoms with Crippen LogP contribution in [0, 0.1) is 22.7 Å². The van der Waals surface area contributed by atoms with E-state index in [1.54, 1.807) is 23.6 Å². The number of hydrogen-bond donors (Lipinski definition) is 5. The Balaban J connectivity index is 0.000000156. The maximum atomic E-state index is 13.5. The van der Waals surface area contributed by atoms with Crippen molar-refractivity contribution in [2.45, 2.75) is 124 Å². The summed E-state index contributed by atoms with van der Waals surface area (Å²) in [6.07, 6.45) is 21.4. The zero-order valence-electron chi connectivity index (χ0n) is 52.4. The number of fused-ring (bicyclic) bond motifs is 5. The molecule has 6 aliphatic rings. The second kappa shape index (κ2) is 31.1. The number of nitrogens with one attached hydrogen (secondary N) is 4. The maximum Gasteiger partial charge on any atom is 0.355 e. The van der Waals surface area contributed by atoms with Crippen LogP contribution in [0.3, 0.4) is 0 Å². The fourth-order valence-corrected chi connectivity index (χ4v) is 13.5. The number of benzene rings is 3. The maximum absolute atomic E-state index is 13.5. The molecule has 2 saturated heterocycles. The molecule has 3 aliphatic carbocycles. The highest BCUT2D eigenvalue weighted by atomic mass is 17.2. The molecule has 12 rings (SSSR count). The first kappa shape index (κ1) is 67.0. The number of para-hydroxylation sites is 3. The molecule has 3 aliphatic heterocycles. The van der Waals surface area contributed by atoms with Crippen molar-refractivity contribution in [1.82, 2.24) is 30.1 Å². The van der Waals surface area contributed by atoms with Gasteiger partial charge in [-0.1, -0.05) is 66.7 Å². The molecule has 3 aromatic carbocycles. The van der Waals surface area contributed by atoms with E-state index < -0.39 is 58.9 Å². The number of aliphatic carboxylic acids is 1. The molecule has 0 saturated carbocycles. The summed E-state index contributed by atoms with van der Waals surface area (Å²) in [6.45, 7) is 9.16.